The maximum Gasteiger partial charge on any atom is 0.329 e. The number of carbonyl (C=O) groups excluding carboxylic acids is 2. The number of nitrogens with zero attached hydrogens (tertiary/aromatic N) is 2. The summed E-state index contributed by atoms with van der Waals surface area (Å²) in [5.41, 5.74) is 2.86. The van der Waals surface area contributed by atoms with E-state index in [4.69, 9.17) is 0 Å². The lowest BCUT2D eigenvalue weighted by Crippen LogP contribution is -2.30. The van der Waals surface area contributed by atoms with Crippen LogP contribution in [0.1, 0.15) is 29.3 Å². The van der Waals surface area contributed by atoms with E-state index in [1.807, 2.05) is 38.1 Å². The number of carbonyl (C=O) groups is 2. The second-order valence-electron chi connectivity index (χ2n) is 7.34. The molecule has 3 aromatic rings. The van der Waals surface area contributed by atoms with Crippen LogP contribution in [0.25, 0.3) is 11.8 Å². The van der Waals surface area contributed by atoms with Crippen LogP contribution < -0.4 is 10.9 Å². The average Bonchev–Trinajstić information content (AvgIpc) is 3.20. The standard InChI is InChI=1S/C23H21FN4O3/c1-3-19-18(21(29)28(26-19)17-9-7-14(2)8-10-17)12-20-22(30)27(23(31)25-20)13-15-5-4-6-16(24)11-15/h4-12,26H,3,13H2,1-2H3,(H,25,31)/b20-12-. The molecule has 158 valence electrons. The van der Waals surface area contributed by atoms with Gasteiger partial charge in [0, 0.05) is 5.69 Å². The van der Waals surface area contributed by atoms with Gasteiger partial charge < -0.3 is 5.32 Å². The van der Waals surface area contributed by atoms with Crippen LogP contribution in [0.2, 0.25) is 0 Å². The number of amides is 3. The molecule has 1 aliphatic rings. The Balaban J connectivity index is 1.67. The summed E-state index contributed by atoms with van der Waals surface area (Å²) in [6, 6.07) is 12.5. The fourth-order valence-electron chi connectivity index (χ4n) is 3.47. The van der Waals surface area contributed by atoms with Crippen molar-refractivity contribution in [2.24, 2.45) is 0 Å². The first-order valence-corrected chi connectivity index (χ1v) is 9.87. The molecule has 8 heteroatoms. The van der Waals surface area contributed by atoms with Crippen LogP contribution in [-0.2, 0) is 17.8 Å². The minimum atomic E-state index is -0.618. The quantitative estimate of drug-likeness (QED) is 0.491. The van der Waals surface area contributed by atoms with E-state index in [1.54, 1.807) is 6.07 Å². The summed E-state index contributed by atoms with van der Waals surface area (Å²) in [5, 5.41) is 5.59. The molecular formula is C23H21FN4O3. The van der Waals surface area contributed by atoms with Gasteiger partial charge in [-0.3, -0.25) is 19.6 Å². The van der Waals surface area contributed by atoms with Crippen molar-refractivity contribution in [3.05, 3.63) is 92.8 Å². The minimum absolute atomic E-state index is 0.00302. The number of aromatic amines is 1. The van der Waals surface area contributed by atoms with E-state index in [0.29, 0.717) is 28.9 Å². The van der Waals surface area contributed by atoms with Gasteiger partial charge in [0.05, 0.1) is 17.8 Å². The normalized spacial score (nSPS) is 15.1. The molecule has 1 aromatic heterocycles. The number of hydrogen-bond donors (Lipinski definition) is 2. The molecule has 7 nitrogen and oxygen atoms in total. The highest BCUT2D eigenvalue weighted by molar-refractivity contribution is 6.13. The van der Waals surface area contributed by atoms with Gasteiger partial charge in [0.2, 0.25) is 0 Å². The highest BCUT2D eigenvalue weighted by Crippen LogP contribution is 2.18. The van der Waals surface area contributed by atoms with Gasteiger partial charge in [-0.2, -0.15) is 0 Å². The van der Waals surface area contributed by atoms with Crippen molar-refractivity contribution in [3.8, 4) is 5.69 Å². The van der Waals surface area contributed by atoms with Gasteiger partial charge in [-0.05, 0) is 49.2 Å². The van der Waals surface area contributed by atoms with Gasteiger partial charge in [0.25, 0.3) is 11.5 Å². The van der Waals surface area contributed by atoms with Gasteiger partial charge >= 0.3 is 6.03 Å². The van der Waals surface area contributed by atoms with Crippen molar-refractivity contribution in [1.29, 1.82) is 0 Å². The molecule has 0 saturated carbocycles. The third-order valence-electron chi connectivity index (χ3n) is 5.13. The fourth-order valence-corrected chi connectivity index (χ4v) is 3.47. The Bertz CT molecular complexity index is 1250. The average molecular weight is 420 g/mol. The third kappa shape index (κ3) is 3.92. The van der Waals surface area contributed by atoms with Crippen LogP contribution in [0.15, 0.2) is 59.0 Å². The highest BCUT2D eigenvalue weighted by atomic mass is 19.1. The fraction of sp³-hybridized carbons (Fsp3) is 0.174. The summed E-state index contributed by atoms with van der Waals surface area (Å²) in [6.07, 6.45) is 1.93. The van der Waals surface area contributed by atoms with Gasteiger partial charge in [-0.1, -0.05) is 36.8 Å². The zero-order valence-electron chi connectivity index (χ0n) is 17.1. The van der Waals surface area contributed by atoms with E-state index in [1.165, 1.54) is 29.0 Å². The molecule has 1 aliphatic heterocycles. The Labute approximate surface area is 177 Å². The SMILES string of the molecule is CCc1[nH]n(-c2ccc(C)cc2)c(=O)c1/C=C1\NC(=O)N(Cc2cccc(F)c2)C1=O. The van der Waals surface area contributed by atoms with Crippen molar-refractivity contribution in [1.82, 2.24) is 20.0 Å². The molecule has 31 heavy (non-hydrogen) atoms. The minimum Gasteiger partial charge on any atom is -0.303 e. The number of imide groups is 1. The molecule has 1 fully saturated rings. The van der Waals surface area contributed by atoms with Crippen LogP contribution in [0.4, 0.5) is 9.18 Å². The highest BCUT2D eigenvalue weighted by Gasteiger charge is 2.34. The van der Waals surface area contributed by atoms with Gasteiger partial charge in [0.1, 0.15) is 11.5 Å². The molecule has 0 aliphatic carbocycles. The summed E-state index contributed by atoms with van der Waals surface area (Å²) >= 11 is 0. The number of halogens is 1. The second kappa shape index (κ2) is 8.06. The maximum absolute atomic E-state index is 13.4. The smallest absolute Gasteiger partial charge is 0.303 e. The summed E-state index contributed by atoms with van der Waals surface area (Å²) in [6.45, 7) is 3.78. The first-order chi connectivity index (χ1) is 14.9. The van der Waals surface area contributed by atoms with Crippen molar-refractivity contribution in [2.45, 2.75) is 26.8 Å². The van der Waals surface area contributed by atoms with Crippen molar-refractivity contribution < 1.29 is 14.0 Å². The first-order valence-electron chi connectivity index (χ1n) is 9.87. The van der Waals surface area contributed by atoms with Crippen molar-refractivity contribution >= 4 is 18.0 Å². The van der Waals surface area contributed by atoms with Crippen LogP contribution >= 0.6 is 0 Å². The molecule has 0 atom stereocenters. The lowest BCUT2D eigenvalue weighted by molar-refractivity contribution is -0.123. The topological polar surface area (TPSA) is 87.2 Å². The van der Waals surface area contributed by atoms with Gasteiger partial charge in [0.15, 0.2) is 0 Å². The zero-order chi connectivity index (χ0) is 22.1. The van der Waals surface area contributed by atoms with E-state index in [0.717, 1.165) is 10.5 Å². The Kier molecular flexibility index (Phi) is 5.29. The van der Waals surface area contributed by atoms with Crippen molar-refractivity contribution in [3.63, 3.8) is 0 Å². The molecule has 2 heterocycles. The third-order valence-corrected chi connectivity index (χ3v) is 5.13. The largest absolute Gasteiger partial charge is 0.329 e. The molecule has 3 amide bonds. The first kappa shape index (κ1) is 20.3. The van der Waals surface area contributed by atoms with Crippen LogP contribution in [0.5, 0.6) is 0 Å². The summed E-state index contributed by atoms with van der Waals surface area (Å²) < 4.78 is 14.8. The Morgan fingerprint density at radius 1 is 1.06 bits per heavy atom. The molecule has 1 saturated heterocycles. The molecule has 2 aromatic carbocycles. The lowest BCUT2D eigenvalue weighted by atomic mass is 10.1. The maximum atomic E-state index is 13.4. The zero-order valence-corrected chi connectivity index (χ0v) is 17.1. The summed E-state index contributed by atoms with van der Waals surface area (Å²) in [7, 11) is 0. The number of rotatable bonds is 5. The van der Waals surface area contributed by atoms with Crippen LogP contribution in [0, 0.1) is 12.7 Å². The number of hydrogen-bond acceptors (Lipinski definition) is 3. The summed E-state index contributed by atoms with van der Waals surface area (Å²) in [5.74, 6) is -1.02. The number of H-pyrrole nitrogens is 1. The number of urea groups is 1. The molecule has 0 bridgehead atoms. The molecule has 2 N–H and O–H groups in total. The molecule has 0 spiro atoms. The van der Waals surface area contributed by atoms with E-state index in [2.05, 4.69) is 10.4 Å². The van der Waals surface area contributed by atoms with E-state index >= 15 is 0 Å². The molecule has 0 radical (unpaired) electrons. The number of nitrogens with one attached hydrogen (secondary N) is 2. The van der Waals surface area contributed by atoms with Crippen LogP contribution in [-0.4, -0.2) is 26.6 Å². The second-order valence-corrected chi connectivity index (χ2v) is 7.34. The molecule has 4 rings (SSSR count). The number of benzene rings is 2. The van der Waals surface area contributed by atoms with Crippen molar-refractivity contribution in [2.75, 3.05) is 0 Å². The van der Waals surface area contributed by atoms with E-state index in [9.17, 15) is 18.8 Å². The monoisotopic (exact) mass is 420 g/mol. The number of aryl methyl sites for hydroxylation is 2. The van der Waals surface area contributed by atoms with Gasteiger partial charge in [-0.25, -0.2) is 13.9 Å². The Morgan fingerprint density at radius 3 is 2.48 bits per heavy atom. The van der Waals surface area contributed by atoms with Gasteiger partial charge in [-0.15, -0.1) is 0 Å². The summed E-state index contributed by atoms with van der Waals surface area (Å²) in [4.78, 5) is 39.1. The number of aromatic nitrogens is 2. The Morgan fingerprint density at radius 2 is 1.81 bits per heavy atom. The Hall–Kier alpha value is -3.94. The predicted octanol–water partition coefficient (Wildman–Crippen LogP) is 3.27. The molecule has 0 unspecified atom stereocenters. The van der Waals surface area contributed by atoms with E-state index < -0.39 is 17.8 Å². The predicted molar refractivity (Wildman–Crippen MR) is 114 cm³/mol. The molecular weight excluding hydrogens is 399 g/mol. The van der Waals surface area contributed by atoms with Crippen LogP contribution in [0.3, 0.4) is 0 Å². The van der Waals surface area contributed by atoms with E-state index in [-0.39, 0.29) is 17.8 Å². The lowest BCUT2D eigenvalue weighted by Gasteiger charge is -2.11.